The topological polar surface area (TPSA) is 96.0 Å². The van der Waals surface area contributed by atoms with Crippen LogP contribution in [-0.2, 0) is 26.2 Å². The van der Waals surface area contributed by atoms with Gasteiger partial charge in [-0.15, -0.1) is 0 Å². The zero-order valence-electron chi connectivity index (χ0n) is 23.0. The first-order chi connectivity index (χ1) is 19.3. The molecule has 0 saturated heterocycles. The molecule has 4 rings (SSSR count). The highest BCUT2D eigenvalue weighted by atomic mass is 32.2. The zero-order chi connectivity index (χ0) is 28.5. The predicted octanol–water partition coefficient (Wildman–Crippen LogP) is 4.76. The Balaban J connectivity index is 1.65. The summed E-state index contributed by atoms with van der Waals surface area (Å²) < 4.78 is 34.0. The van der Waals surface area contributed by atoms with E-state index in [0.29, 0.717) is 11.4 Å². The molecule has 0 aromatic heterocycles. The molecule has 1 N–H and O–H groups in total. The lowest BCUT2D eigenvalue weighted by Crippen LogP contribution is -2.53. The highest BCUT2D eigenvalue weighted by molar-refractivity contribution is 7.92. The molecule has 0 heterocycles. The number of sulfonamides is 1. The number of para-hydroxylation sites is 1. The number of amides is 2. The van der Waals surface area contributed by atoms with Gasteiger partial charge in [-0.3, -0.25) is 13.9 Å². The zero-order valence-corrected chi connectivity index (χ0v) is 23.8. The first-order valence-corrected chi connectivity index (χ1v) is 15.1. The van der Waals surface area contributed by atoms with Gasteiger partial charge in [0.1, 0.15) is 18.3 Å². The largest absolute Gasteiger partial charge is 0.497 e. The van der Waals surface area contributed by atoms with E-state index in [9.17, 15) is 18.0 Å². The number of rotatable bonds is 11. The van der Waals surface area contributed by atoms with E-state index in [0.717, 1.165) is 42.0 Å². The number of hydrogen-bond donors (Lipinski definition) is 1. The Morgan fingerprint density at radius 1 is 0.925 bits per heavy atom. The molecule has 0 spiro atoms. The second kappa shape index (κ2) is 13.5. The van der Waals surface area contributed by atoms with Gasteiger partial charge in [-0.1, -0.05) is 67.8 Å². The molecule has 2 amide bonds. The third-order valence-electron chi connectivity index (χ3n) is 7.26. The van der Waals surface area contributed by atoms with Crippen molar-refractivity contribution < 1.29 is 22.7 Å². The Labute approximate surface area is 237 Å². The van der Waals surface area contributed by atoms with Gasteiger partial charge in [0, 0.05) is 12.6 Å². The van der Waals surface area contributed by atoms with Crippen LogP contribution in [0.4, 0.5) is 5.69 Å². The minimum atomic E-state index is -4.07. The van der Waals surface area contributed by atoms with Crippen molar-refractivity contribution in [2.45, 2.75) is 62.6 Å². The van der Waals surface area contributed by atoms with Crippen LogP contribution in [0.1, 0.15) is 44.6 Å². The number of ether oxygens (including phenoxy) is 1. The van der Waals surface area contributed by atoms with Crippen LogP contribution < -0.4 is 14.4 Å². The van der Waals surface area contributed by atoms with Crippen LogP contribution in [0.5, 0.6) is 5.75 Å². The van der Waals surface area contributed by atoms with Crippen molar-refractivity contribution in [2.75, 3.05) is 18.0 Å². The van der Waals surface area contributed by atoms with Crippen LogP contribution in [0.15, 0.2) is 89.8 Å². The quantitative estimate of drug-likeness (QED) is 0.363. The SMILES string of the molecule is COc1cccc(CN(C(=O)CN(c2ccccc2)S(=O)(=O)c2ccccc2)C(C)C(=O)NC2CCCCC2)c1. The summed E-state index contributed by atoms with van der Waals surface area (Å²) in [4.78, 5) is 28.9. The van der Waals surface area contributed by atoms with Gasteiger partial charge in [-0.25, -0.2) is 8.42 Å². The van der Waals surface area contributed by atoms with Crippen LogP contribution in [-0.4, -0.2) is 50.9 Å². The van der Waals surface area contributed by atoms with Crippen LogP contribution in [0.2, 0.25) is 0 Å². The molecule has 1 atom stereocenters. The van der Waals surface area contributed by atoms with Gasteiger partial charge < -0.3 is 15.0 Å². The maximum absolute atomic E-state index is 14.0. The van der Waals surface area contributed by atoms with Crippen LogP contribution >= 0.6 is 0 Å². The van der Waals surface area contributed by atoms with Crippen molar-refractivity contribution >= 4 is 27.5 Å². The third kappa shape index (κ3) is 7.21. The molecule has 8 nitrogen and oxygen atoms in total. The van der Waals surface area contributed by atoms with E-state index >= 15 is 0 Å². The van der Waals surface area contributed by atoms with Crippen molar-refractivity contribution in [3.05, 3.63) is 90.5 Å². The van der Waals surface area contributed by atoms with Gasteiger partial charge in [-0.05, 0) is 61.7 Å². The van der Waals surface area contributed by atoms with E-state index in [2.05, 4.69) is 5.32 Å². The number of anilines is 1. The molecular formula is C31H37N3O5S. The fraction of sp³-hybridized carbons (Fsp3) is 0.355. The van der Waals surface area contributed by atoms with Gasteiger partial charge in [-0.2, -0.15) is 0 Å². The Morgan fingerprint density at radius 2 is 1.57 bits per heavy atom. The summed E-state index contributed by atoms with van der Waals surface area (Å²) in [5.41, 5.74) is 1.13. The molecule has 1 aliphatic carbocycles. The monoisotopic (exact) mass is 563 g/mol. The van der Waals surface area contributed by atoms with Crippen LogP contribution in [0.25, 0.3) is 0 Å². The number of hydrogen-bond acceptors (Lipinski definition) is 5. The van der Waals surface area contributed by atoms with Crippen LogP contribution in [0.3, 0.4) is 0 Å². The molecular weight excluding hydrogens is 526 g/mol. The summed E-state index contributed by atoms with van der Waals surface area (Å²) in [5.74, 6) is -0.112. The molecule has 0 radical (unpaired) electrons. The van der Waals surface area contributed by atoms with Gasteiger partial charge in [0.05, 0.1) is 17.7 Å². The maximum atomic E-state index is 14.0. The van der Waals surface area contributed by atoms with E-state index in [-0.39, 0.29) is 23.4 Å². The van der Waals surface area contributed by atoms with Gasteiger partial charge in [0.25, 0.3) is 10.0 Å². The maximum Gasteiger partial charge on any atom is 0.264 e. The van der Waals surface area contributed by atoms with Crippen molar-refractivity contribution in [3.63, 3.8) is 0 Å². The standard InChI is InChI=1S/C31H37N3O5S/c1-24(31(36)32-26-14-6-3-7-15-26)33(22-25-13-12-18-28(21-25)39-2)30(35)23-34(27-16-8-4-9-17-27)40(37,38)29-19-10-5-11-20-29/h4-5,8-13,16-21,24,26H,3,6-7,14-15,22-23H2,1-2H3,(H,32,36). The third-order valence-corrected chi connectivity index (χ3v) is 9.05. The lowest BCUT2D eigenvalue weighted by molar-refractivity contribution is -0.139. The minimum Gasteiger partial charge on any atom is -0.497 e. The van der Waals surface area contributed by atoms with Crippen molar-refractivity contribution in [3.8, 4) is 5.75 Å². The smallest absolute Gasteiger partial charge is 0.264 e. The molecule has 1 aliphatic rings. The van der Waals surface area contributed by atoms with Gasteiger partial charge in [0.15, 0.2) is 0 Å². The number of benzene rings is 3. The summed E-state index contributed by atoms with van der Waals surface area (Å²) in [6.07, 6.45) is 5.12. The Kier molecular flexibility index (Phi) is 9.82. The molecule has 9 heteroatoms. The lowest BCUT2D eigenvalue weighted by Gasteiger charge is -2.33. The Bertz CT molecular complexity index is 1380. The molecule has 0 bridgehead atoms. The predicted molar refractivity (Wildman–Crippen MR) is 155 cm³/mol. The van der Waals surface area contributed by atoms with Crippen LogP contribution in [0, 0.1) is 0 Å². The highest BCUT2D eigenvalue weighted by Crippen LogP contribution is 2.25. The number of carbonyl (C=O) groups is 2. The van der Waals surface area contributed by atoms with Crippen molar-refractivity contribution in [1.82, 2.24) is 10.2 Å². The number of nitrogens with one attached hydrogen (secondary N) is 1. The van der Waals surface area contributed by atoms with Gasteiger partial charge in [0.2, 0.25) is 11.8 Å². The van der Waals surface area contributed by atoms with Crippen molar-refractivity contribution in [2.24, 2.45) is 0 Å². The summed E-state index contributed by atoms with van der Waals surface area (Å²) in [5, 5.41) is 3.11. The second-order valence-corrected chi connectivity index (χ2v) is 11.9. The first-order valence-electron chi connectivity index (χ1n) is 13.6. The van der Waals surface area contributed by atoms with E-state index in [1.807, 2.05) is 18.2 Å². The van der Waals surface area contributed by atoms with E-state index < -0.39 is 28.5 Å². The van der Waals surface area contributed by atoms with Crippen molar-refractivity contribution in [1.29, 1.82) is 0 Å². The average molecular weight is 564 g/mol. The van der Waals surface area contributed by atoms with Gasteiger partial charge >= 0.3 is 0 Å². The minimum absolute atomic E-state index is 0.0779. The number of carbonyl (C=O) groups excluding carboxylic acids is 2. The fourth-order valence-electron chi connectivity index (χ4n) is 4.96. The molecule has 1 saturated carbocycles. The van der Waals surface area contributed by atoms with E-state index in [1.165, 1.54) is 17.0 Å². The molecule has 0 aliphatic heterocycles. The summed E-state index contributed by atoms with van der Waals surface area (Å²) in [6.45, 7) is 1.34. The molecule has 1 unspecified atom stereocenters. The number of nitrogens with zero attached hydrogens (tertiary/aromatic N) is 2. The molecule has 1 fully saturated rings. The summed E-state index contributed by atoms with van der Waals surface area (Å²) >= 11 is 0. The number of methoxy groups -OCH3 is 1. The summed E-state index contributed by atoms with van der Waals surface area (Å²) in [7, 11) is -2.51. The Morgan fingerprint density at radius 3 is 2.23 bits per heavy atom. The fourth-order valence-corrected chi connectivity index (χ4v) is 6.40. The average Bonchev–Trinajstić information content (AvgIpc) is 2.99. The van der Waals surface area contributed by atoms with E-state index in [1.54, 1.807) is 68.6 Å². The second-order valence-electron chi connectivity index (χ2n) is 10.1. The molecule has 40 heavy (non-hydrogen) atoms. The lowest BCUT2D eigenvalue weighted by atomic mass is 9.95. The normalized spacial score (nSPS) is 14.7. The summed E-state index contributed by atoms with van der Waals surface area (Å²) in [6, 6.07) is 23.1. The Hall–Kier alpha value is -3.85. The molecule has 3 aromatic carbocycles. The van der Waals surface area contributed by atoms with E-state index in [4.69, 9.17) is 4.74 Å². The molecule has 3 aromatic rings. The first kappa shape index (κ1) is 29.1. The molecule has 212 valence electrons. The highest BCUT2D eigenvalue weighted by Gasteiger charge is 2.33.